The van der Waals surface area contributed by atoms with E-state index < -0.39 is 0 Å². The molecule has 0 amide bonds. The quantitative estimate of drug-likeness (QED) is 0.0747. The molecular weight excluding hydrogens is 718 g/mol. The highest BCUT2D eigenvalue weighted by Gasteiger charge is 2.12. The van der Waals surface area contributed by atoms with Crippen molar-refractivity contribution in [2.75, 3.05) is 79.5 Å². The fraction of sp³-hybridized carbons (Fsp3) is 0.458. The van der Waals surface area contributed by atoms with Crippen molar-refractivity contribution in [2.24, 2.45) is 0 Å². The van der Waals surface area contributed by atoms with Crippen LogP contribution in [0.1, 0.15) is 66.5 Å². The zero-order valence-electron chi connectivity index (χ0n) is 34.9. The van der Waals surface area contributed by atoms with Crippen LogP contribution in [-0.2, 0) is 35.5 Å². The maximum absolute atomic E-state index is 9.50. The summed E-state index contributed by atoms with van der Waals surface area (Å²) in [4.78, 5) is 4.89. The second kappa shape index (κ2) is 26.6. The molecule has 310 valence electrons. The second-order valence-corrected chi connectivity index (χ2v) is 14.3. The fourth-order valence-electron chi connectivity index (χ4n) is 6.34. The molecule has 0 unspecified atom stereocenters. The summed E-state index contributed by atoms with van der Waals surface area (Å²) in [6, 6.07) is 31.7. The van der Waals surface area contributed by atoms with Gasteiger partial charge in [0.05, 0.1) is 46.8 Å². The van der Waals surface area contributed by atoms with Gasteiger partial charge >= 0.3 is 0 Å². The van der Waals surface area contributed by atoms with Gasteiger partial charge in [0.15, 0.2) is 0 Å². The highest BCUT2D eigenvalue weighted by molar-refractivity contribution is 5.61. The summed E-state index contributed by atoms with van der Waals surface area (Å²) < 4.78 is 38.1. The minimum Gasteiger partial charge on any atom is -0.494 e. The first-order valence-corrected chi connectivity index (χ1v) is 20.7. The first-order chi connectivity index (χ1) is 28.0. The van der Waals surface area contributed by atoms with E-state index in [2.05, 4.69) is 84.1 Å². The van der Waals surface area contributed by atoms with E-state index in [1.165, 1.54) is 22.3 Å². The average Bonchev–Trinajstić information content (AvgIpc) is 3.26. The Labute approximate surface area is 341 Å². The second-order valence-electron chi connectivity index (χ2n) is 14.3. The maximum Gasteiger partial charge on any atom is 0.134 e. The van der Waals surface area contributed by atoms with Crippen LogP contribution in [0, 0.1) is 6.92 Å². The van der Waals surface area contributed by atoms with E-state index in [4.69, 9.17) is 23.7 Å². The average molecular weight is 784 g/mol. The summed E-state index contributed by atoms with van der Waals surface area (Å²) in [5, 5.41) is 3.52. The van der Waals surface area contributed by atoms with E-state index in [9.17, 15) is 4.39 Å². The molecule has 2 heterocycles. The lowest BCUT2D eigenvalue weighted by Crippen LogP contribution is -2.35. The fourth-order valence-corrected chi connectivity index (χ4v) is 6.34. The highest BCUT2D eigenvalue weighted by Crippen LogP contribution is 2.29. The number of aryl methyl sites for hydroxylation is 2. The van der Waals surface area contributed by atoms with E-state index in [1.807, 2.05) is 49.4 Å². The molecule has 57 heavy (non-hydrogen) atoms. The van der Waals surface area contributed by atoms with Crippen LogP contribution in [0.4, 0.5) is 4.39 Å². The molecule has 6 rings (SSSR count). The van der Waals surface area contributed by atoms with Gasteiger partial charge in [-0.1, -0.05) is 81.4 Å². The number of halogens is 1. The number of hydrogen-bond acceptors (Lipinski definition) is 8. The molecule has 2 fully saturated rings. The molecule has 0 aromatic heterocycles. The zero-order valence-corrected chi connectivity index (χ0v) is 34.9. The molecular formula is C48H66FN3O5. The third kappa shape index (κ3) is 17.0. The van der Waals surface area contributed by atoms with E-state index in [0.29, 0.717) is 19.5 Å². The van der Waals surface area contributed by atoms with Gasteiger partial charge in [0.2, 0.25) is 0 Å². The number of unbranched alkanes of at least 4 members (excludes halogenated alkanes) is 1. The Morgan fingerprint density at radius 2 is 1.18 bits per heavy atom. The van der Waals surface area contributed by atoms with Crippen LogP contribution in [-0.4, -0.2) is 89.3 Å². The zero-order chi connectivity index (χ0) is 40.5. The van der Waals surface area contributed by atoms with Crippen LogP contribution < -0.4 is 19.5 Å². The standard InChI is InChI=1S/C34H44N2O4.C13H19NO.CH3F/c1-4-5-20-38-32-15-12-31(13-16-32)28(3)40-34-24-33(14-7-27(34)2)39-21-6-17-35-25-29-8-10-30(11-9-29)26-36-18-22-37-23-19-36;1-2-12-3-5-13(6-4-12)11-14-7-9-15-10-8-14;1-2/h7-16,24,35H,3-6,17-23,25-26H2,1-2H3;3-6H,2,7-11H2,1H3;1H3. The Morgan fingerprint density at radius 3 is 1.74 bits per heavy atom. The van der Waals surface area contributed by atoms with Crippen LogP contribution in [0.2, 0.25) is 0 Å². The summed E-state index contributed by atoms with van der Waals surface area (Å²) in [6.45, 7) is 23.3. The number of nitrogens with zero attached hydrogens (tertiary/aromatic N) is 2. The highest BCUT2D eigenvalue weighted by atomic mass is 19.1. The van der Waals surface area contributed by atoms with Crippen LogP contribution >= 0.6 is 0 Å². The molecule has 0 saturated carbocycles. The Bertz CT molecular complexity index is 1670. The van der Waals surface area contributed by atoms with Gasteiger partial charge < -0.3 is 29.0 Å². The van der Waals surface area contributed by atoms with Gasteiger partial charge in [0.1, 0.15) is 23.0 Å². The third-order valence-corrected chi connectivity index (χ3v) is 9.91. The number of alkyl halides is 1. The number of benzene rings is 4. The Hall–Kier alpha value is -4.25. The molecule has 1 N–H and O–H groups in total. The molecule has 2 aliphatic rings. The number of morpholine rings is 2. The predicted octanol–water partition coefficient (Wildman–Crippen LogP) is 9.28. The van der Waals surface area contributed by atoms with Crippen molar-refractivity contribution in [3.8, 4) is 17.2 Å². The van der Waals surface area contributed by atoms with E-state index in [0.717, 1.165) is 139 Å². The van der Waals surface area contributed by atoms with E-state index in [1.54, 1.807) is 0 Å². The van der Waals surface area contributed by atoms with Crippen molar-refractivity contribution >= 4 is 5.76 Å². The number of rotatable bonds is 19. The minimum atomic E-state index is 0.500. The Morgan fingerprint density at radius 1 is 0.667 bits per heavy atom. The topological polar surface area (TPSA) is 64.7 Å². The summed E-state index contributed by atoms with van der Waals surface area (Å²) in [5.41, 5.74) is 7.44. The summed E-state index contributed by atoms with van der Waals surface area (Å²) in [7, 11) is 0.500. The molecule has 8 nitrogen and oxygen atoms in total. The maximum atomic E-state index is 9.50. The van der Waals surface area contributed by atoms with Crippen molar-refractivity contribution in [2.45, 2.75) is 66.1 Å². The van der Waals surface area contributed by atoms with Crippen molar-refractivity contribution in [1.82, 2.24) is 15.1 Å². The molecule has 4 aromatic rings. The van der Waals surface area contributed by atoms with Gasteiger partial charge in [-0.05, 0) is 90.9 Å². The molecule has 2 saturated heterocycles. The third-order valence-electron chi connectivity index (χ3n) is 9.91. The first-order valence-electron chi connectivity index (χ1n) is 20.7. The SMILES string of the molecule is C=C(Oc1cc(OCCCNCc2ccc(CN3CCOCC3)cc2)ccc1C)c1ccc(OCCCC)cc1.CCc1ccc(CN2CCOCC2)cc1.CF. The molecule has 0 spiro atoms. The van der Waals surface area contributed by atoms with Gasteiger partial charge in [-0.3, -0.25) is 14.2 Å². The van der Waals surface area contributed by atoms with Crippen LogP contribution in [0.5, 0.6) is 17.2 Å². The molecule has 0 aliphatic carbocycles. The summed E-state index contributed by atoms with van der Waals surface area (Å²) >= 11 is 0. The van der Waals surface area contributed by atoms with E-state index in [-0.39, 0.29) is 0 Å². The van der Waals surface area contributed by atoms with Crippen molar-refractivity contribution in [1.29, 1.82) is 0 Å². The molecule has 9 heteroatoms. The number of nitrogens with one attached hydrogen (secondary N) is 1. The lowest BCUT2D eigenvalue weighted by molar-refractivity contribution is 0.0341. The summed E-state index contributed by atoms with van der Waals surface area (Å²) in [6.07, 6.45) is 4.21. The summed E-state index contributed by atoms with van der Waals surface area (Å²) in [5.74, 6) is 3.01. The van der Waals surface area contributed by atoms with Gasteiger partial charge in [-0.15, -0.1) is 0 Å². The number of ether oxygens (including phenoxy) is 5. The van der Waals surface area contributed by atoms with Gasteiger partial charge in [-0.2, -0.15) is 0 Å². The van der Waals surface area contributed by atoms with Crippen LogP contribution in [0.15, 0.2) is 97.6 Å². The molecule has 0 bridgehead atoms. The first kappa shape index (κ1) is 45.5. The Balaban J connectivity index is 0.000000351. The van der Waals surface area contributed by atoms with Crippen molar-refractivity contribution < 1.29 is 28.1 Å². The molecule has 2 aliphatic heterocycles. The largest absolute Gasteiger partial charge is 0.494 e. The normalized spacial score (nSPS) is 14.4. The van der Waals surface area contributed by atoms with Crippen molar-refractivity contribution in [3.63, 3.8) is 0 Å². The lowest BCUT2D eigenvalue weighted by Gasteiger charge is -2.26. The lowest BCUT2D eigenvalue weighted by atomic mass is 10.1. The van der Waals surface area contributed by atoms with Crippen LogP contribution in [0.3, 0.4) is 0 Å². The molecule has 4 aromatic carbocycles. The Kier molecular flexibility index (Phi) is 21.2. The van der Waals surface area contributed by atoms with E-state index >= 15 is 0 Å². The minimum absolute atomic E-state index is 0.500. The van der Waals surface area contributed by atoms with Gasteiger partial charge in [0, 0.05) is 57.4 Å². The smallest absolute Gasteiger partial charge is 0.134 e. The number of hydrogen-bond donors (Lipinski definition) is 1. The monoisotopic (exact) mass is 783 g/mol. The van der Waals surface area contributed by atoms with Crippen molar-refractivity contribution in [3.05, 3.63) is 131 Å². The molecule has 0 atom stereocenters. The van der Waals surface area contributed by atoms with Gasteiger partial charge in [0.25, 0.3) is 0 Å². The molecule has 0 radical (unpaired) electrons. The van der Waals surface area contributed by atoms with Gasteiger partial charge in [-0.25, -0.2) is 0 Å². The van der Waals surface area contributed by atoms with Crippen LogP contribution in [0.25, 0.3) is 5.76 Å². The predicted molar refractivity (Wildman–Crippen MR) is 231 cm³/mol.